The summed E-state index contributed by atoms with van der Waals surface area (Å²) in [5.74, 6) is 0.188. The lowest BCUT2D eigenvalue weighted by Gasteiger charge is -2.31. The number of benzene rings is 1. The first-order valence-corrected chi connectivity index (χ1v) is 9.38. The Labute approximate surface area is 149 Å². The second-order valence-electron chi connectivity index (χ2n) is 7.47. The van der Waals surface area contributed by atoms with Crippen LogP contribution in [0.25, 0.3) is 0 Å². The van der Waals surface area contributed by atoms with Crippen molar-refractivity contribution in [1.82, 2.24) is 10.6 Å². The third kappa shape index (κ3) is 4.82. The minimum absolute atomic E-state index is 0.0235. The maximum Gasteiger partial charge on any atom is 0.245 e. The molecule has 3 N–H and O–H groups in total. The van der Waals surface area contributed by atoms with Gasteiger partial charge in [-0.1, -0.05) is 30.3 Å². The zero-order valence-electron chi connectivity index (χ0n) is 14.8. The highest BCUT2D eigenvalue weighted by molar-refractivity contribution is 5.89. The Hall–Kier alpha value is -1.88. The lowest BCUT2D eigenvalue weighted by Crippen LogP contribution is -2.55. The lowest BCUT2D eigenvalue weighted by atomic mass is 9.81. The third-order valence-electron chi connectivity index (χ3n) is 5.36. The minimum atomic E-state index is -0.900. The van der Waals surface area contributed by atoms with Crippen molar-refractivity contribution in [1.29, 1.82) is 0 Å². The van der Waals surface area contributed by atoms with Crippen molar-refractivity contribution in [2.24, 2.45) is 5.92 Å². The maximum atomic E-state index is 12.5. The molecule has 25 heavy (non-hydrogen) atoms. The number of nitrogens with one attached hydrogen (secondary N) is 2. The van der Waals surface area contributed by atoms with Crippen LogP contribution in [0.1, 0.15) is 56.9 Å². The minimum Gasteiger partial charge on any atom is -0.391 e. The Balaban J connectivity index is 1.49. The summed E-state index contributed by atoms with van der Waals surface area (Å²) in [5.41, 5.74) is 1.37. The van der Waals surface area contributed by atoms with Gasteiger partial charge in [-0.15, -0.1) is 0 Å². The second kappa shape index (κ2) is 8.00. The molecule has 2 unspecified atom stereocenters. The van der Waals surface area contributed by atoms with Gasteiger partial charge in [0.25, 0.3) is 0 Å². The molecule has 5 nitrogen and oxygen atoms in total. The number of hydrogen-bond acceptors (Lipinski definition) is 3. The van der Waals surface area contributed by atoms with E-state index < -0.39 is 12.1 Å². The van der Waals surface area contributed by atoms with Gasteiger partial charge in [-0.25, -0.2) is 0 Å². The summed E-state index contributed by atoms with van der Waals surface area (Å²) >= 11 is 0. The summed E-state index contributed by atoms with van der Waals surface area (Å²) in [4.78, 5) is 24.4. The van der Waals surface area contributed by atoms with E-state index in [0.717, 1.165) is 38.5 Å². The molecule has 136 valence electrons. The zero-order valence-corrected chi connectivity index (χ0v) is 14.8. The average molecular weight is 344 g/mol. The summed E-state index contributed by atoms with van der Waals surface area (Å²) in [6, 6.07) is 9.76. The van der Waals surface area contributed by atoms with Gasteiger partial charge in [0.05, 0.1) is 6.10 Å². The van der Waals surface area contributed by atoms with Gasteiger partial charge in [-0.2, -0.15) is 0 Å². The Bertz CT molecular complexity index is 590. The van der Waals surface area contributed by atoms with E-state index in [9.17, 15) is 14.7 Å². The number of hydrogen-bond donors (Lipinski definition) is 3. The smallest absolute Gasteiger partial charge is 0.245 e. The van der Waals surface area contributed by atoms with Crippen molar-refractivity contribution in [3.8, 4) is 0 Å². The molecule has 0 saturated heterocycles. The predicted molar refractivity (Wildman–Crippen MR) is 95.9 cm³/mol. The molecule has 5 heteroatoms. The third-order valence-corrected chi connectivity index (χ3v) is 5.36. The molecule has 3 rings (SSSR count). The van der Waals surface area contributed by atoms with Crippen LogP contribution in [0.3, 0.4) is 0 Å². The predicted octanol–water partition coefficient (Wildman–Crippen LogP) is 2.10. The van der Waals surface area contributed by atoms with Gasteiger partial charge < -0.3 is 15.7 Å². The second-order valence-corrected chi connectivity index (χ2v) is 7.47. The van der Waals surface area contributed by atoms with Crippen LogP contribution in [-0.4, -0.2) is 35.1 Å². The molecule has 2 saturated carbocycles. The molecule has 0 radical (unpaired) electrons. The molecule has 0 aromatic heterocycles. The summed E-state index contributed by atoms with van der Waals surface area (Å²) in [6.07, 6.45) is 4.80. The molecule has 0 spiro atoms. The van der Waals surface area contributed by atoms with Gasteiger partial charge in [0.15, 0.2) is 0 Å². The molecular formula is C20H28N2O3. The SMILES string of the molecule is CC(O)C(NC(=O)C1CC1)C(=O)NC1CCC(c2ccccc2)CC1. The Kier molecular flexibility index (Phi) is 5.74. The first-order valence-electron chi connectivity index (χ1n) is 9.38. The molecule has 1 aromatic carbocycles. The van der Waals surface area contributed by atoms with E-state index in [0.29, 0.717) is 5.92 Å². The van der Waals surface area contributed by atoms with Gasteiger partial charge in [-0.3, -0.25) is 9.59 Å². The lowest BCUT2D eigenvalue weighted by molar-refractivity contribution is -0.132. The van der Waals surface area contributed by atoms with Crippen molar-refractivity contribution in [2.75, 3.05) is 0 Å². The van der Waals surface area contributed by atoms with Gasteiger partial charge in [0.2, 0.25) is 11.8 Å². The van der Waals surface area contributed by atoms with Crippen LogP contribution in [0.5, 0.6) is 0 Å². The van der Waals surface area contributed by atoms with Crippen LogP contribution < -0.4 is 10.6 Å². The van der Waals surface area contributed by atoms with Gasteiger partial charge >= 0.3 is 0 Å². The van der Waals surface area contributed by atoms with Crippen molar-refractivity contribution in [2.45, 2.75) is 69.6 Å². The highest BCUT2D eigenvalue weighted by Gasteiger charge is 2.35. The summed E-state index contributed by atoms with van der Waals surface area (Å²) < 4.78 is 0. The quantitative estimate of drug-likeness (QED) is 0.739. The molecule has 2 aliphatic carbocycles. The Morgan fingerprint density at radius 3 is 2.24 bits per heavy atom. The van der Waals surface area contributed by atoms with E-state index in [1.165, 1.54) is 5.56 Å². The molecule has 2 amide bonds. The molecule has 1 aromatic rings. The zero-order chi connectivity index (χ0) is 17.8. The topological polar surface area (TPSA) is 78.4 Å². The molecular weight excluding hydrogens is 316 g/mol. The maximum absolute atomic E-state index is 12.5. The number of amides is 2. The number of carbonyl (C=O) groups excluding carboxylic acids is 2. The fourth-order valence-electron chi connectivity index (χ4n) is 3.61. The van der Waals surface area contributed by atoms with Crippen molar-refractivity contribution in [3.05, 3.63) is 35.9 Å². The van der Waals surface area contributed by atoms with Crippen molar-refractivity contribution >= 4 is 11.8 Å². The number of rotatable bonds is 6. The van der Waals surface area contributed by atoms with Gasteiger partial charge in [0.1, 0.15) is 6.04 Å². The first-order chi connectivity index (χ1) is 12.0. The summed E-state index contributed by atoms with van der Waals surface area (Å²) in [5, 5.41) is 15.6. The monoisotopic (exact) mass is 344 g/mol. The number of carbonyl (C=O) groups is 2. The molecule has 0 bridgehead atoms. The molecule has 2 fully saturated rings. The fourth-order valence-corrected chi connectivity index (χ4v) is 3.61. The largest absolute Gasteiger partial charge is 0.391 e. The van der Waals surface area contributed by atoms with Gasteiger partial charge in [-0.05, 0) is 56.9 Å². The van der Waals surface area contributed by atoms with Crippen LogP contribution in [0.15, 0.2) is 30.3 Å². The highest BCUT2D eigenvalue weighted by atomic mass is 16.3. The fraction of sp³-hybridized carbons (Fsp3) is 0.600. The van der Waals surface area contributed by atoms with Crippen LogP contribution in [0.2, 0.25) is 0 Å². The van der Waals surface area contributed by atoms with Gasteiger partial charge in [0, 0.05) is 12.0 Å². The van der Waals surface area contributed by atoms with E-state index in [2.05, 4.69) is 34.9 Å². The van der Waals surface area contributed by atoms with Crippen molar-refractivity contribution < 1.29 is 14.7 Å². The normalized spacial score (nSPS) is 25.7. The Morgan fingerprint density at radius 2 is 1.68 bits per heavy atom. The number of aliphatic hydroxyl groups is 1. The average Bonchev–Trinajstić information content (AvgIpc) is 3.45. The standard InChI is InChI=1S/C20H28N2O3/c1-13(23)18(22-19(24)16-7-8-16)20(25)21-17-11-9-15(10-12-17)14-5-3-2-4-6-14/h2-6,13,15-18,23H,7-12H2,1H3,(H,21,25)(H,22,24). The van der Waals surface area contributed by atoms with E-state index >= 15 is 0 Å². The molecule has 0 aliphatic heterocycles. The van der Waals surface area contributed by atoms with E-state index in [1.54, 1.807) is 6.92 Å². The number of aliphatic hydroxyl groups excluding tert-OH is 1. The van der Waals surface area contributed by atoms with Crippen LogP contribution in [0.4, 0.5) is 0 Å². The molecule has 0 heterocycles. The summed E-state index contributed by atoms with van der Waals surface area (Å²) in [6.45, 7) is 1.55. The molecule has 2 aliphatic rings. The van der Waals surface area contributed by atoms with E-state index in [4.69, 9.17) is 0 Å². The molecule has 2 atom stereocenters. The highest BCUT2D eigenvalue weighted by Crippen LogP contribution is 2.33. The van der Waals surface area contributed by atoms with E-state index in [-0.39, 0.29) is 23.8 Å². The van der Waals surface area contributed by atoms with Crippen LogP contribution >= 0.6 is 0 Å². The van der Waals surface area contributed by atoms with Crippen molar-refractivity contribution in [3.63, 3.8) is 0 Å². The Morgan fingerprint density at radius 1 is 1.04 bits per heavy atom. The first kappa shape index (κ1) is 17.9. The van der Waals surface area contributed by atoms with Crippen LogP contribution in [0, 0.1) is 5.92 Å². The summed E-state index contributed by atoms with van der Waals surface area (Å²) in [7, 11) is 0. The van der Waals surface area contributed by atoms with E-state index in [1.807, 2.05) is 6.07 Å². The van der Waals surface area contributed by atoms with Crippen LogP contribution in [-0.2, 0) is 9.59 Å².